The molecule has 1 aliphatic heterocycles. The number of aromatic nitrogens is 1. The van der Waals surface area contributed by atoms with Gasteiger partial charge in [-0.1, -0.05) is 50.4 Å². The van der Waals surface area contributed by atoms with Crippen molar-refractivity contribution in [3.63, 3.8) is 0 Å². The minimum atomic E-state index is -1.00. The molecule has 5 rings (SSSR count). The van der Waals surface area contributed by atoms with Crippen LogP contribution in [0.4, 0.5) is 0 Å². The standard InChI is InChI=1S/C26H30ClN3O2S/c1-16-5-4-6-20(17(16)2)28-25(32)26(3)15-29-21-11-12-33-23(21)13-22(29)24(31)30(26)14-18-7-9-19(27)10-8-18/h7-13,16-17,20H,4-6,14-15H2,1-3H3,(H,28,32)/t16-,17-,20+,26-/m1/s1. The number of hydrogen-bond acceptors (Lipinski definition) is 3. The van der Waals surface area contributed by atoms with Crippen molar-refractivity contribution in [1.29, 1.82) is 0 Å². The molecule has 174 valence electrons. The number of thiophene rings is 1. The van der Waals surface area contributed by atoms with Gasteiger partial charge in [-0.25, -0.2) is 0 Å². The van der Waals surface area contributed by atoms with Gasteiger partial charge in [0.05, 0.1) is 16.8 Å². The molecule has 3 heterocycles. The van der Waals surface area contributed by atoms with E-state index in [9.17, 15) is 9.59 Å². The molecule has 0 radical (unpaired) electrons. The van der Waals surface area contributed by atoms with E-state index in [1.54, 1.807) is 16.2 Å². The lowest BCUT2D eigenvalue weighted by atomic mass is 9.77. The van der Waals surface area contributed by atoms with Gasteiger partial charge in [0.2, 0.25) is 5.91 Å². The lowest BCUT2D eigenvalue weighted by molar-refractivity contribution is -0.134. The number of carbonyl (C=O) groups is 2. The highest BCUT2D eigenvalue weighted by Crippen LogP contribution is 2.36. The van der Waals surface area contributed by atoms with Crippen LogP contribution in [0.25, 0.3) is 10.2 Å². The van der Waals surface area contributed by atoms with Gasteiger partial charge in [0.1, 0.15) is 11.2 Å². The van der Waals surface area contributed by atoms with Gasteiger partial charge in [0, 0.05) is 17.6 Å². The van der Waals surface area contributed by atoms with E-state index < -0.39 is 5.54 Å². The fraction of sp³-hybridized carbons (Fsp3) is 0.462. The third-order valence-corrected chi connectivity index (χ3v) is 8.92. The molecule has 1 fully saturated rings. The summed E-state index contributed by atoms with van der Waals surface area (Å²) in [7, 11) is 0. The molecule has 0 saturated heterocycles. The topological polar surface area (TPSA) is 54.3 Å². The Hall–Kier alpha value is -2.31. The van der Waals surface area contributed by atoms with E-state index in [1.807, 2.05) is 53.3 Å². The maximum absolute atomic E-state index is 13.9. The van der Waals surface area contributed by atoms with Crippen LogP contribution < -0.4 is 5.32 Å². The Bertz CT molecular complexity index is 1200. The molecular weight excluding hydrogens is 454 g/mol. The fourth-order valence-corrected chi connectivity index (χ4v) is 6.35. The van der Waals surface area contributed by atoms with Crippen molar-refractivity contribution >= 4 is 45.0 Å². The highest BCUT2D eigenvalue weighted by Gasteiger charge is 2.48. The molecule has 0 spiro atoms. The summed E-state index contributed by atoms with van der Waals surface area (Å²) in [4.78, 5) is 29.4. The summed E-state index contributed by atoms with van der Waals surface area (Å²) < 4.78 is 3.10. The number of nitrogens with one attached hydrogen (secondary N) is 1. The molecule has 1 saturated carbocycles. The zero-order valence-electron chi connectivity index (χ0n) is 19.3. The van der Waals surface area contributed by atoms with Gasteiger partial charge in [-0.15, -0.1) is 11.3 Å². The van der Waals surface area contributed by atoms with E-state index in [-0.39, 0.29) is 17.9 Å². The van der Waals surface area contributed by atoms with Crippen LogP contribution in [-0.4, -0.2) is 32.9 Å². The number of benzene rings is 1. The predicted molar refractivity (Wildman–Crippen MR) is 134 cm³/mol. The lowest BCUT2D eigenvalue weighted by Gasteiger charge is -2.45. The van der Waals surface area contributed by atoms with Gasteiger partial charge in [0.15, 0.2) is 0 Å². The second-order valence-electron chi connectivity index (χ2n) is 9.92. The van der Waals surface area contributed by atoms with Crippen molar-refractivity contribution in [2.45, 2.75) is 64.7 Å². The van der Waals surface area contributed by atoms with E-state index in [2.05, 4.69) is 19.2 Å². The van der Waals surface area contributed by atoms with Crippen LogP contribution in [0.2, 0.25) is 5.02 Å². The molecule has 5 nitrogen and oxygen atoms in total. The molecule has 4 atom stereocenters. The summed E-state index contributed by atoms with van der Waals surface area (Å²) in [5, 5.41) is 6.04. The molecule has 2 aliphatic rings. The van der Waals surface area contributed by atoms with Crippen molar-refractivity contribution in [3.8, 4) is 0 Å². The van der Waals surface area contributed by atoms with Crippen LogP contribution in [0, 0.1) is 11.8 Å². The Labute approximate surface area is 203 Å². The molecule has 33 heavy (non-hydrogen) atoms. The van der Waals surface area contributed by atoms with Gasteiger partial charge in [-0.2, -0.15) is 0 Å². The molecule has 3 aromatic rings. The summed E-state index contributed by atoms with van der Waals surface area (Å²) in [5.74, 6) is 0.818. The number of carbonyl (C=O) groups excluding carboxylic acids is 2. The van der Waals surface area contributed by atoms with Crippen LogP contribution in [0.1, 0.15) is 56.1 Å². The zero-order chi connectivity index (χ0) is 23.3. The summed E-state index contributed by atoms with van der Waals surface area (Å²) in [6, 6.07) is 11.6. The van der Waals surface area contributed by atoms with Crippen LogP contribution in [-0.2, 0) is 17.9 Å². The summed E-state index contributed by atoms with van der Waals surface area (Å²) in [5.41, 5.74) is 1.62. The Kier molecular flexibility index (Phi) is 5.78. The van der Waals surface area contributed by atoms with Crippen molar-refractivity contribution in [1.82, 2.24) is 14.8 Å². The van der Waals surface area contributed by atoms with Gasteiger partial charge in [-0.3, -0.25) is 9.59 Å². The minimum absolute atomic E-state index is 0.0708. The number of rotatable bonds is 4. The van der Waals surface area contributed by atoms with Crippen molar-refractivity contribution < 1.29 is 9.59 Å². The number of fused-ring (bicyclic) bond motifs is 3. The average Bonchev–Trinajstić information content (AvgIpc) is 3.38. The first kappa shape index (κ1) is 22.5. The minimum Gasteiger partial charge on any atom is -0.351 e. The zero-order valence-corrected chi connectivity index (χ0v) is 20.9. The third kappa shape index (κ3) is 3.87. The highest BCUT2D eigenvalue weighted by molar-refractivity contribution is 7.17. The van der Waals surface area contributed by atoms with Gasteiger partial charge in [0.25, 0.3) is 5.91 Å². The maximum atomic E-state index is 13.9. The van der Waals surface area contributed by atoms with Gasteiger partial charge >= 0.3 is 0 Å². The van der Waals surface area contributed by atoms with E-state index in [4.69, 9.17) is 11.6 Å². The lowest BCUT2D eigenvalue weighted by Crippen LogP contribution is -2.65. The molecule has 1 aliphatic carbocycles. The monoisotopic (exact) mass is 483 g/mol. The Balaban J connectivity index is 1.52. The van der Waals surface area contributed by atoms with Crippen LogP contribution in [0.15, 0.2) is 41.8 Å². The summed E-state index contributed by atoms with van der Waals surface area (Å²) in [6.07, 6.45) is 3.31. The molecule has 0 bridgehead atoms. The summed E-state index contributed by atoms with van der Waals surface area (Å²) in [6.45, 7) is 7.20. The number of halogens is 1. The van der Waals surface area contributed by atoms with E-state index in [0.29, 0.717) is 35.6 Å². The van der Waals surface area contributed by atoms with Gasteiger partial charge in [-0.05, 0) is 60.4 Å². The highest BCUT2D eigenvalue weighted by atomic mass is 35.5. The van der Waals surface area contributed by atoms with E-state index in [0.717, 1.165) is 28.6 Å². The molecular formula is C26H30ClN3O2S. The first-order valence-corrected chi connectivity index (χ1v) is 13.0. The molecule has 1 aromatic carbocycles. The first-order chi connectivity index (χ1) is 15.8. The smallest absolute Gasteiger partial charge is 0.271 e. The second kappa shape index (κ2) is 8.48. The first-order valence-electron chi connectivity index (χ1n) is 11.7. The normalized spacial score (nSPS) is 27.6. The van der Waals surface area contributed by atoms with Crippen molar-refractivity contribution in [2.75, 3.05) is 0 Å². The Morgan fingerprint density at radius 3 is 2.73 bits per heavy atom. The maximum Gasteiger partial charge on any atom is 0.271 e. The molecule has 7 heteroatoms. The van der Waals surface area contributed by atoms with E-state index in [1.165, 1.54) is 6.42 Å². The quantitative estimate of drug-likeness (QED) is 0.516. The fourth-order valence-electron chi connectivity index (χ4n) is 5.40. The number of amides is 2. The summed E-state index contributed by atoms with van der Waals surface area (Å²) >= 11 is 7.70. The van der Waals surface area contributed by atoms with Crippen molar-refractivity contribution in [3.05, 3.63) is 58.1 Å². The van der Waals surface area contributed by atoms with Crippen molar-refractivity contribution in [2.24, 2.45) is 11.8 Å². The number of hydrogen-bond donors (Lipinski definition) is 1. The van der Waals surface area contributed by atoms with Crippen LogP contribution in [0.3, 0.4) is 0 Å². The average molecular weight is 484 g/mol. The molecule has 1 N–H and O–H groups in total. The Morgan fingerprint density at radius 2 is 1.97 bits per heavy atom. The third-order valence-electron chi connectivity index (χ3n) is 7.82. The van der Waals surface area contributed by atoms with Crippen LogP contribution in [0.5, 0.6) is 0 Å². The Morgan fingerprint density at radius 1 is 1.21 bits per heavy atom. The SMILES string of the molecule is C[C@@H]1[C@H](C)CCC[C@@H]1NC(=O)[C@@]1(C)Cn2c(cc3sccc32)C(=O)N1Cc1ccc(Cl)cc1. The second-order valence-corrected chi connectivity index (χ2v) is 11.3. The number of nitrogens with zero attached hydrogens (tertiary/aromatic N) is 2. The largest absolute Gasteiger partial charge is 0.351 e. The molecule has 0 unspecified atom stereocenters. The molecule has 2 amide bonds. The predicted octanol–water partition coefficient (Wildman–Crippen LogP) is 5.71. The van der Waals surface area contributed by atoms with Gasteiger partial charge < -0.3 is 14.8 Å². The molecule has 2 aromatic heterocycles. The van der Waals surface area contributed by atoms with Crippen LogP contribution >= 0.6 is 22.9 Å². The van der Waals surface area contributed by atoms with E-state index >= 15 is 0 Å².